The van der Waals surface area contributed by atoms with Crippen molar-refractivity contribution in [3.8, 4) is 0 Å². The van der Waals surface area contributed by atoms with E-state index < -0.39 is 0 Å². The van der Waals surface area contributed by atoms with Crippen molar-refractivity contribution in [3.63, 3.8) is 0 Å². The average Bonchev–Trinajstić information content (AvgIpc) is 2.94. The van der Waals surface area contributed by atoms with Crippen LogP contribution >= 0.6 is 11.8 Å². The summed E-state index contributed by atoms with van der Waals surface area (Å²) in [7, 11) is 0. The summed E-state index contributed by atoms with van der Waals surface area (Å²) < 4.78 is 0. The molecule has 1 N–H and O–H groups in total. The Morgan fingerprint density at radius 1 is 0.927 bits per heavy atom. The minimum atomic E-state index is -0.0649. The van der Waals surface area contributed by atoms with Crippen LogP contribution in [-0.4, -0.2) is 42.9 Å². The van der Waals surface area contributed by atoms with Crippen molar-refractivity contribution in [2.75, 3.05) is 31.1 Å². The minimum Gasteiger partial charge on any atom is -0.352 e. The lowest BCUT2D eigenvalue weighted by Crippen LogP contribution is -2.34. The fourth-order valence-corrected chi connectivity index (χ4v) is 6.21. The van der Waals surface area contributed by atoms with Crippen molar-refractivity contribution in [1.29, 1.82) is 0 Å². The molecule has 0 aromatic heterocycles. The summed E-state index contributed by atoms with van der Waals surface area (Å²) >= 11 is 1.50. The zero-order valence-electron chi connectivity index (χ0n) is 25.0. The summed E-state index contributed by atoms with van der Waals surface area (Å²) in [6.45, 7) is 15.4. The molecule has 2 amide bonds. The van der Waals surface area contributed by atoms with Crippen LogP contribution in [0.1, 0.15) is 61.2 Å². The minimum absolute atomic E-state index is 0.0113. The zero-order valence-corrected chi connectivity index (χ0v) is 25.8. The highest BCUT2D eigenvalue weighted by Crippen LogP contribution is 2.42. The summed E-state index contributed by atoms with van der Waals surface area (Å²) in [4.78, 5) is 32.5. The molecule has 4 rings (SSSR count). The number of carbonyl (C=O) groups is 2. The van der Waals surface area contributed by atoms with Gasteiger partial charge in [0.25, 0.3) is 11.8 Å². The van der Waals surface area contributed by atoms with Crippen LogP contribution in [0.2, 0.25) is 0 Å². The number of rotatable bonds is 12. The summed E-state index contributed by atoms with van der Waals surface area (Å²) in [5.41, 5.74) is 4.75. The Morgan fingerprint density at radius 2 is 1.59 bits per heavy atom. The monoisotopic (exact) mass is 569 g/mol. The van der Waals surface area contributed by atoms with Crippen LogP contribution in [0.5, 0.6) is 0 Å². The summed E-state index contributed by atoms with van der Waals surface area (Å²) in [5.74, 6) is 1.18. The van der Waals surface area contributed by atoms with Crippen LogP contribution in [-0.2, 0) is 11.3 Å². The number of hydrogen-bond acceptors (Lipinski definition) is 4. The maximum absolute atomic E-state index is 13.7. The highest BCUT2D eigenvalue weighted by molar-refractivity contribution is 8.04. The molecule has 3 aromatic carbocycles. The van der Waals surface area contributed by atoms with E-state index in [2.05, 4.69) is 63.0 Å². The van der Waals surface area contributed by atoms with E-state index in [0.29, 0.717) is 35.4 Å². The Kier molecular flexibility index (Phi) is 10.8. The second kappa shape index (κ2) is 14.5. The number of amides is 2. The lowest BCUT2D eigenvalue weighted by atomic mass is 10.1. The third-order valence-corrected chi connectivity index (χ3v) is 8.15. The van der Waals surface area contributed by atoms with Gasteiger partial charge in [0, 0.05) is 30.1 Å². The van der Waals surface area contributed by atoms with Crippen LogP contribution in [0.15, 0.2) is 82.6 Å². The molecule has 0 atom stereocenters. The lowest BCUT2D eigenvalue weighted by Gasteiger charge is -2.31. The maximum Gasteiger partial charge on any atom is 0.265 e. The average molecular weight is 570 g/mol. The predicted molar refractivity (Wildman–Crippen MR) is 172 cm³/mol. The van der Waals surface area contributed by atoms with Gasteiger partial charge in [-0.1, -0.05) is 88.0 Å². The van der Waals surface area contributed by atoms with Crippen molar-refractivity contribution in [3.05, 3.63) is 100.0 Å². The van der Waals surface area contributed by atoms with Crippen molar-refractivity contribution < 1.29 is 9.59 Å². The molecule has 1 aliphatic rings. The standard InChI is InChI=1S/C35H43N3O2S/c1-25(2)22-37(23-26(3)4)20-10-19-36-34(39)29-17-15-28(16-18-29)21-33-35(40)38(24-30-12-7-6-11-27(30)5)31-13-8-9-14-32(31)41-33/h6-9,11-18,21,25-26H,10,19-20,22-24H2,1-5H3,(H,36,39). The Balaban J connectivity index is 1.40. The normalized spacial score (nSPS) is 14.3. The largest absolute Gasteiger partial charge is 0.352 e. The molecule has 5 nitrogen and oxygen atoms in total. The van der Waals surface area contributed by atoms with Gasteiger partial charge >= 0.3 is 0 Å². The number of nitrogens with one attached hydrogen (secondary N) is 1. The third kappa shape index (κ3) is 8.57. The van der Waals surface area contributed by atoms with Gasteiger partial charge < -0.3 is 15.1 Å². The molecule has 0 radical (unpaired) electrons. The quantitative estimate of drug-likeness (QED) is 0.182. The van der Waals surface area contributed by atoms with Crippen molar-refractivity contribution in [1.82, 2.24) is 10.2 Å². The number of nitrogens with zero attached hydrogens (tertiary/aromatic N) is 2. The van der Waals surface area contributed by atoms with E-state index in [4.69, 9.17) is 0 Å². The maximum atomic E-state index is 13.7. The van der Waals surface area contributed by atoms with Crippen molar-refractivity contribution in [2.24, 2.45) is 11.8 Å². The highest BCUT2D eigenvalue weighted by Gasteiger charge is 2.29. The Labute approximate surface area is 250 Å². The number of benzene rings is 3. The van der Waals surface area contributed by atoms with Gasteiger partial charge in [-0.2, -0.15) is 0 Å². The summed E-state index contributed by atoms with van der Waals surface area (Å²) in [6.07, 6.45) is 2.85. The van der Waals surface area contributed by atoms with E-state index in [9.17, 15) is 9.59 Å². The van der Waals surface area contributed by atoms with Crippen molar-refractivity contribution >= 4 is 35.3 Å². The first-order chi connectivity index (χ1) is 19.7. The Morgan fingerprint density at radius 3 is 2.27 bits per heavy atom. The van der Waals surface area contributed by atoms with Gasteiger partial charge in [-0.05, 0) is 78.8 Å². The number of fused-ring (bicyclic) bond motifs is 1. The first kappa shape index (κ1) is 30.6. The molecule has 0 aliphatic carbocycles. The number of thioether (sulfide) groups is 1. The molecule has 0 saturated heterocycles. The highest BCUT2D eigenvalue weighted by atomic mass is 32.2. The molecular formula is C35H43N3O2S. The zero-order chi connectivity index (χ0) is 29.4. The van der Waals surface area contributed by atoms with E-state index in [1.807, 2.05) is 65.6 Å². The Hall–Kier alpha value is -3.35. The molecule has 0 unspecified atom stereocenters. The molecule has 3 aromatic rings. The van der Waals surface area contributed by atoms with Crippen LogP contribution < -0.4 is 10.2 Å². The van der Waals surface area contributed by atoms with E-state index >= 15 is 0 Å². The molecular weight excluding hydrogens is 526 g/mol. The topological polar surface area (TPSA) is 52.7 Å². The van der Waals surface area contributed by atoms with Crippen LogP contribution in [0.4, 0.5) is 5.69 Å². The second-order valence-corrected chi connectivity index (χ2v) is 12.8. The van der Waals surface area contributed by atoms with Crippen LogP contribution in [0.25, 0.3) is 6.08 Å². The molecule has 1 aliphatic heterocycles. The van der Waals surface area contributed by atoms with Gasteiger partial charge in [0.2, 0.25) is 0 Å². The van der Waals surface area contributed by atoms with E-state index in [0.717, 1.165) is 47.8 Å². The van der Waals surface area contributed by atoms with Gasteiger partial charge in [-0.25, -0.2) is 0 Å². The molecule has 0 spiro atoms. The van der Waals surface area contributed by atoms with Gasteiger partial charge in [0.1, 0.15) is 0 Å². The SMILES string of the molecule is Cc1ccccc1CN1C(=O)C(=Cc2ccc(C(=O)NCCCN(CC(C)C)CC(C)C)cc2)Sc2ccccc21. The Bertz CT molecular complexity index is 1350. The number of para-hydroxylation sites is 1. The first-order valence-corrected chi connectivity index (χ1v) is 15.5. The van der Waals surface area contributed by atoms with Gasteiger partial charge in [0.15, 0.2) is 0 Å². The number of anilines is 1. The van der Waals surface area contributed by atoms with E-state index in [1.54, 1.807) is 0 Å². The third-order valence-electron chi connectivity index (χ3n) is 7.08. The van der Waals surface area contributed by atoms with Crippen LogP contribution in [0.3, 0.4) is 0 Å². The van der Waals surface area contributed by atoms with Gasteiger partial charge in [-0.15, -0.1) is 0 Å². The van der Waals surface area contributed by atoms with Gasteiger partial charge in [0.05, 0.1) is 17.1 Å². The van der Waals surface area contributed by atoms with Crippen molar-refractivity contribution in [2.45, 2.75) is 52.5 Å². The summed E-state index contributed by atoms with van der Waals surface area (Å²) in [5, 5.41) is 3.07. The predicted octanol–water partition coefficient (Wildman–Crippen LogP) is 7.41. The van der Waals surface area contributed by atoms with Gasteiger partial charge in [-0.3, -0.25) is 9.59 Å². The van der Waals surface area contributed by atoms with E-state index in [-0.39, 0.29) is 11.8 Å². The molecule has 0 bridgehead atoms. The number of hydrogen-bond donors (Lipinski definition) is 1. The number of carbonyl (C=O) groups excluding carboxylic acids is 2. The molecule has 0 fully saturated rings. The molecule has 6 heteroatoms. The van der Waals surface area contributed by atoms with Crippen LogP contribution in [0, 0.1) is 18.8 Å². The fourth-order valence-electron chi connectivity index (χ4n) is 5.16. The molecule has 41 heavy (non-hydrogen) atoms. The molecule has 216 valence electrons. The molecule has 1 heterocycles. The fraction of sp³-hybridized carbons (Fsp3) is 0.371. The lowest BCUT2D eigenvalue weighted by molar-refractivity contribution is -0.114. The second-order valence-electron chi connectivity index (χ2n) is 11.7. The smallest absolute Gasteiger partial charge is 0.265 e. The molecule has 0 saturated carbocycles. The summed E-state index contributed by atoms with van der Waals surface area (Å²) in [6, 6.07) is 23.7. The van der Waals surface area contributed by atoms with E-state index in [1.165, 1.54) is 17.3 Å². The number of aryl methyl sites for hydroxylation is 1. The first-order valence-electron chi connectivity index (χ1n) is 14.7.